The molecule has 0 aliphatic carbocycles. The lowest BCUT2D eigenvalue weighted by Gasteiger charge is -2.18. The lowest BCUT2D eigenvalue weighted by atomic mass is 10.0. The van der Waals surface area contributed by atoms with Crippen molar-refractivity contribution in [3.05, 3.63) is 48.6 Å². The van der Waals surface area contributed by atoms with Crippen LogP contribution in [0.25, 0.3) is 0 Å². The van der Waals surface area contributed by atoms with Crippen LogP contribution in [0.5, 0.6) is 0 Å². The molecule has 0 heterocycles. The predicted molar refractivity (Wildman–Crippen MR) is 258 cm³/mol. The van der Waals surface area contributed by atoms with Gasteiger partial charge in [-0.3, -0.25) is 14.1 Å². The van der Waals surface area contributed by atoms with E-state index in [0.29, 0.717) is 6.42 Å². The number of hydrogen-bond donors (Lipinski definition) is 2. The maximum absolute atomic E-state index is 12.5. The summed E-state index contributed by atoms with van der Waals surface area (Å²) < 4.78 is 26.5. The van der Waals surface area contributed by atoms with Crippen LogP contribution in [0.1, 0.15) is 251 Å². The number of rotatable bonds is 47. The van der Waals surface area contributed by atoms with Crippen LogP contribution in [-0.2, 0) is 28.2 Å². The van der Waals surface area contributed by atoms with Gasteiger partial charge < -0.3 is 19.3 Å². The van der Waals surface area contributed by atoms with E-state index in [1.54, 1.807) is 0 Å². The number of phosphoric acid groups is 1. The monoisotopic (exact) mass is 879 g/mol. The average molecular weight is 879 g/mol. The minimum atomic E-state index is -4.76. The van der Waals surface area contributed by atoms with Gasteiger partial charge in [0, 0.05) is 12.8 Å². The van der Waals surface area contributed by atoms with Crippen molar-refractivity contribution in [2.75, 3.05) is 13.2 Å². The van der Waals surface area contributed by atoms with E-state index in [0.717, 1.165) is 70.6 Å². The molecule has 0 fully saturated rings. The summed E-state index contributed by atoms with van der Waals surface area (Å²) >= 11 is 0. The molecule has 1 unspecified atom stereocenters. The fourth-order valence-corrected chi connectivity index (χ4v) is 7.73. The Hall–Kier alpha value is -1.99. The van der Waals surface area contributed by atoms with E-state index >= 15 is 0 Å². The molecule has 0 saturated carbocycles. The third kappa shape index (κ3) is 50.5. The van der Waals surface area contributed by atoms with E-state index in [-0.39, 0.29) is 19.4 Å². The molecule has 356 valence electrons. The van der Waals surface area contributed by atoms with E-state index in [2.05, 4.69) is 67.0 Å². The summed E-state index contributed by atoms with van der Waals surface area (Å²) in [5, 5.41) is 0. The minimum Gasteiger partial charge on any atom is -0.462 e. The molecule has 0 bridgehead atoms. The Bertz CT molecular complexity index is 1130. The van der Waals surface area contributed by atoms with Gasteiger partial charge in [0.2, 0.25) is 0 Å². The number of esters is 2. The van der Waals surface area contributed by atoms with Crippen LogP contribution < -0.4 is 0 Å². The number of carbonyl (C=O) groups excluding carboxylic acids is 2. The smallest absolute Gasteiger partial charge is 0.462 e. The predicted octanol–water partition coefficient (Wildman–Crippen LogP) is 16.2. The standard InChI is InChI=1S/C52H95O8P/c1-3-5-7-9-11-13-15-17-19-21-23-25-27-28-30-32-34-36-38-40-42-44-46-51(53)58-48-50(49-59-61(55,56)57)60-52(54)47-45-43-41-39-37-35-33-31-29-26-24-22-20-18-16-14-12-10-8-6-4-2/h6,8,12,14,18,20,24,26,50H,3-5,7,9-11,13,15-17,19,21-23,25,27-49H2,1-2H3,(H2,55,56,57)/b8-6-,14-12-,20-18-,26-24-. The highest BCUT2D eigenvalue weighted by Crippen LogP contribution is 2.36. The van der Waals surface area contributed by atoms with Crippen LogP contribution in [0.15, 0.2) is 48.6 Å². The van der Waals surface area contributed by atoms with Gasteiger partial charge in [0.25, 0.3) is 0 Å². The van der Waals surface area contributed by atoms with Gasteiger partial charge in [-0.2, -0.15) is 0 Å². The lowest BCUT2D eigenvalue weighted by Crippen LogP contribution is -2.29. The van der Waals surface area contributed by atoms with Crippen molar-refractivity contribution in [2.24, 2.45) is 0 Å². The molecule has 9 heteroatoms. The average Bonchev–Trinajstić information content (AvgIpc) is 3.23. The van der Waals surface area contributed by atoms with Crippen LogP contribution >= 0.6 is 7.82 Å². The minimum absolute atomic E-state index is 0.203. The van der Waals surface area contributed by atoms with Gasteiger partial charge in [0.1, 0.15) is 6.61 Å². The number of allylic oxidation sites excluding steroid dienone is 8. The van der Waals surface area contributed by atoms with Gasteiger partial charge >= 0.3 is 19.8 Å². The Morgan fingerprint density at radius 1 is 0.443 bits per heavy atom. The molecule has 0 spiro atoms. The van der Waals surface area contributed by atoms with Crippen molar-refractivity contribution in [1.29, 1.82) is 0 Å². The molecule has 0 rings (SSSR count). The van der Waals surface area contributed by atoms with Crippen molar-refractivity contribution in [3.63, 3.8) is 0 Å². The molecule has 0 amide bonds. The van der Waals surface area contributed by atoms with Gasteiger partial charge in [-0.05, 0) is 51.4 Å². The molecule has 0 aromatic rings. The van der Waals surface area contributed by atoms with Crippen LogP contribution in [0, 0.1) is 0 Å². The van der Waals surface area contributed by atoms with E-state index in [1.807, 2.05) is 0 Å². The fourth-order valence-electron chi connectivity index (χ4n) is 7.37. The third-order valence-electron chi connectivity index (χ3n) is 11.1. The number of unbranched alkanes of at least 4 members (excludes halogenated alkanes) is 29. The van der Waals surface area contributed by atoms with Gasteiger partial charge in [0.15, 0.2) is 6.10 Å². The first-order chi connectivity index (χ1) is 29.8. The zero-order valence-electron chi connectivity index (χ0n) is 39.6. The summed E-state index contributed by atoms with van der Waals surface area (Å²) in [6.45, 7) is 3.61. The molecule has 0 aliphatic heterocycles. The van der Waals surface area contributed by atoms with Crippen molar-refractivity contribution in [3.8, 4) is 0 Å². The second kappa shape index (κ2) is 47.5. The number of phosphoric ester groups is 1. The Morgan fingerprint density at radius 3 is 1.18 bits per heavy atom. The Kier molecular flexibility index (Phi) is 45.9. The molecular weight excluding hydrogens is 784 g/mol. The van der Waals surface area contributed by atoms with E-state index < -0.39 is 32.5 Å². The molecule has 0 aromatic carbocycles. The van der Waals surface area contributed by atoms with Gasteiger partial charge in [-0.25, -0.2) is 4.57 Å². The quantitative estimate of drug-likeness (QED) is 0.0268. The van der Waals surface area contributed by atoms with E-state index in [9.17, 15) is 14.2 Å². The fraction of sp³-hybridized carbons (Fsp3) is 0.808. The first-order valence-electron chi connectivity index (χ1n) is 25.4. The zero-order chi connectivity index (χ0) is 44.6. The highest BCUT2D eigenvalue weighted by Gasteiger charge is 2.23. The van der Waals surface area contributed by atoms with Gasteiger partial charge in [0.05, 0.1) is 6.61 Å². The van der Waals surface area contributed by atoms with Crippen molar-refractivity contribution in [1.82, 2.24) is 0 Å². The maximum atomic E-state index is 12.5. The summed E-state index contributed by atoms with van der Waals surface area (Å²) in [6, 6.07) is 0. The van der Waals surface area contributed by atoms with Crippen LogP contribution in [0.4, 0.5) is 0 Å². The Labute approximate surface area is 375 Å². The molecule has 2 N–H and O–H groups in total. The molecule has 0 radical (unpaired) electrons. The second-order valence-corrected chi connectivity index (χ2v) is 18.4. The topological polar surface area (TPSA) is 119 Å². The molecule has 61 heavy (non-hydrogen) atoms. The highest BCUT2D eigenvalue weighted by atomic mass is 31.2. The van der Waals surface area contributed by atoms with Crippen LogP contribution in [0.2, 0.25) is 0 Å². The van der Waals surface area contributed by atoms with E-state index in [4.69, 9.17) is 19.3 Å². The first kappa shape index (κ1) is 59.0. The maximum Gasteiger partial charge on any atom is 0.469 e. The molecule has 8 nitrogen and oxygen atoms in total. The van der Waals surface area contributed by atoms with Crippen molar-refractivity contribution in [2.45, 2.75) is 258 Å². The molecule has 0 saturated heterocycles. The third-order valence-corrected chi connectivity index (χ3v) is 11.6. The molecule has 1 atom stereocenters. The van der Waals surface area contributed by atoms with Gasteiger partial charge in [-0.1, -0.05) is 236 Å². The normalized spacial score (nSPS) is 12.8. The number of ether oxygens (including phenoxy) is 2. The highest BCUT2D eigenvalue weighted by molar-refractivity contribution is 7.46. The van der Waals surface area contributed by atoms with Crippen LogP contribution in [-0.4, -0.2) is 41.0 Å². The summed E-state index contributed by atoms with van der Waals surface area (Å²) in [4.78, 5) is 43.1. The van der Waals surface area contributed by atoms with Crippen molar-refractivity contribution >= 4 is 19.8 Å². The Morgan fingerprint density at radius 2 is 0.787 bits per heavy atom. The molecular formula is C52H95O8P. The second-order valence-electron chi connectivity index (χ2n) is 17.1. The lowest BCUT2D eigenvalue weighted by molar-refractivity contribution is -0.161. The SMILES string of the molecule is CC/C=C\C/C=C\C/C=C\C/C=C\CCCCCCCCCCC(=O)OC(COC(=O)CCCCCCCCCCCCCCCCCCCCCCCC)COP(=O)(O)O. The van der Waals surface area contributed by atoms with E-state index in [1.165, 1.54) is 148 Å². The summed E-state index contributed by atoms with van der Waals surface area (Å²) in [5.74, 6) is -0.883. The molecule has 0 aliphatic rings. The summed E-state index contributed by atoms with van der Waals surface area (Å²) in [5.41, 5.74) is 0. The van der Waals surface area contributed by atoms with Gasteiger partial charge in [-0.15, -0.1) is 0 Å². The first-order valence-corrected chi connectivity index (χ1v) is 27.0. The zero-order valence-corrected chi connectivity index (χ0v) is 40.5. The number of hydrogen-bond acceptors (Lipinski definition) is 6. The van der Waals surface area contributed by atoms with Crippen molar-refractivity contribution < 1.29 is 37.9 Å². The summed E-state index contributed by atoms with van der Waals surface area (Å²) in [7, 11) is -4.76. The molecule has 0 aromatic heterocycles. The largest absolute Gasteiger partial charge is 0.469 e. The number of carbonyl (C=O) groups is 2. The Balaban J connectivity index is 3.81. The summed E-state index contributed by atoms with van der Waals surface area (Å²) in [6.07, 6.45) is 59.9. The van der Waals surface area contributed by atoms with Crippen LogP contribution in [0.3, 0.4) is 0 Å².